The highest BCUT2D eigenvalue weighted by Gasteiger charge is 2.31. The molecule has 0 fully saturated rings. The number of ether oxygens (including phenoxy) is 1. The van der Waals surface area contributed by atoms with Crippen molar-refractivity contribution in [1.29, 1.82) is 0 Å². The van der Waals surface area contributed by atoms with Crippen LogP contribution in [0.25, 0.3) is 0 Å². The number of aliphatic hydroxyl groups excluding tert-OH is 1. The summed E-state index contributed by atoms with van der Waals surface area (Å²) < 4.78 is 43.1. The van der Waals surface area contributed by atoms with Gasteiger partial charge in [0, 0.05) is 5.56 Å². The molecule has 1 rings (SSSR count). The lowest BCUT2D eigenvalue weighted by atomic mass is 10.0. The number of anilines is 1. The van der Waals surface area contributed by atoms with E-state index in [0.717, 1.165) is 18.2 Å². The molecule has 0 aliphatic heterocycles. The summed E-state index contributed by atoms with van der Waals surface area (Å²) in [5.74, 6) is 0. The predicted molar refractivity (Wildman–Crippen MR) is 71.9 cm³/mol. The third kappa shape index (κ3) is 5.26. The molecule has 7 heteroatoms. The molecule has 21 heavy (non-hydrogen) atoms. The lowest BCUT2D eigenvalue weighted by molar-refractivity contribution is -0.137. The van der Waals surface area contributed by atoms with Gasteiger partial charge in [0.05, 0.1) is 17.4 Å². The molecule has 1 atom stereocenters. The molecular formula is C14H18F3NO3. The first-order chi connectivity index (χ1) is 9.40. The van der Waals surface area contributed by atoms with Crippen LogP contribution in [0.3, 0.4) is 0 Å². The first kappa shape index (κ1) is 17.3. The fraction of sp³-hybridized carbons (Fsp3) is 0.500. The molecule has 0 aromatic heterocycles. The number of halogens is 3. The number of hydrogen-bond donors (Lipinski definition) is 2. The Hall–Kier alpha value is -1.76. The number of aliphatic hydroxyl groups is 1. The second kappa shape index (κ2) is 5.93. The molecule has 0 radical (unpaired) electrons. The van der Waals surface area contributed by atoms with Crippen molar-refractivity contribution in [3.05, 3.63) is 29.3 Å². The van der Waals surface area contributed by atoms with E-state index in [2.05, 4.69) is 5.32 Å². The van der Waals surface area contributed by atoms with Crippen molar-refractivity contribution >= 4 is 11.8 Å². The normalized spacial score (nSPS) is 13.7. The Morgan fingerprint density at radius 1 is 1.29 bits per heavy atom. The van der Waals surface area contributed by atoms with Crippen LogP contribution in [-0.2, 0) is 10.9 Å². The van der Waals surface area contributed by atoms with Crippen molar-refractivity contribution in [2.24, 2.45) is 0 Å². The summed E-state index contributed by atoms with van der Waals surface area (Å²) in [5, 5.41) is 11.8. The van der Waals surface area contributed by atoms with E-state index in [0.29, 0.717) is 0 Å². The number of benzene rings is 1. The molecule has 1 amide bonds. The monoisotopic (exact) mass is 305 g/mol. The lowest BCUT2D eigenvalue weighted by Gasteiger charge is -2.21. The van der Waals surface area contributed by atoms with Crippen molar-refractivity contribution in [3.8, 4) is 0 Å². The van der Waals surface area contributed by atoms with E-state index in [1.54, 1.807) is 20.8 Å². The van der Waals surface area contributed by atoms with Crippen molar-refractivity contribution < 1.29 is 27.8 Å². The van der Waals surface area contributed by atoms with Gasteiger partial charge in [-0.15, -0.1) is 0 Å². The van der Waals surface area contributed by atoms with Crippen LogP contribution >= 0.6 is 0 Å². The summed E-state index contributed by atoms with van der Waals surface area (Å²) in [7, 11) is 0. The molecular weight excluding hydrogens is 287 g/mol. The first-order valence-corrected chi connectivity index (χ1v) is 6.29. The Kier molecular flexibility index (Phi) is 4.88. The average molecular weight is 305 g/mol. The summed E-state index contributed by atoms with van der Waals surface area (Å²) in [6.07, 6.45) is -6.46. The maximum absolute atomic E-state index is 12.7. The number of alkyl halides is 3. The van der Waals surface area contributed by atoms with E-state index in [4.69, 9.17) is 4.74 Å². The van der Waals surface area contributed by atoms with E-state index in [1.165, 1.54) is 6.92 Å². The quantitative estimate of drug-likeness (QED) is 0.864. The molecule has 0 bridgehead atoms. The Balaban J connectivity index is 3.10. The second-order valence-electron chi connectivity index (χ2n) is 5.60. The van der Waals surface area contributed by atoms with Gasteiger partial charge in [-0.3, -0.25) is 5.32 Å². The Morgan fingerprint density at radius 3 is 2.29 bits per heavy atom. The molecule has 2 N–H and O–H groups in total. The zero-order valence-electron chi connectivity index (χ0n) is 12.2. The molecule has 0 saturated carbocycles. The zero-order chi connectivity index (χ0) is 16.4. The van der Waals surface area contributed by atoms with Crippen LogP contribution < -0.4 is 5.32 Å². The number of carbonyl (C=O) groups is 1. The summed E-state index contributed by atoms with van der Waals surface area (Å²) in [5.41, 5.74) is -1.66. The van der Waals surface area contributed by atoms with Gasteiger partial charge in [0.15, 0.2) is 0 Å². The summed E-state index contributed by atoms with van der Waals surface area (Å²) in [6, 6.07) is 2.74. The second-order valence-corrected chi connectivity index (χ2v) is 5.60. The molecule has 4 nitrogen and oxygen atoms in total. The van der Waals surface area contributed by atoms with Gasteiger partial charge in [0.25, 0.3) is 0 Å². The van der Waals surface area contributed by atoms with Crippen LogP contribution in [-0.4, -0.2) is 16.8 Å². The van der Waals surface area contributed by atoms with Crippen LogP contribution in [0.4, 0.5) is 23.7 Å². The highest BCUT2D eigenvalue weighted by molar-refractivity contribution is 5.86. The number of hydrogen-bond acceptors (Lipinski definition) is 3. The minimum atomic E-state index is -4.54. The maximum Gasteiger partial charge on any atom is 0.416 e. The minimum absolute atomic E-state index is 0.130. The molecule has 0 aliphatic carbocycles. The number of nitrogens with one attached hydrogen (secondary N) is 1. The summed E-state index contributed by atoms with van der Waals surface area (Å²) in [4.78, 5) is 11.7. The molecule has 0 aliphatic rings. The van der Waals surface area contributed by atoms with Crippen LogP contribution in [0, 0.1) is 0 Å². The van der Waals surface area contributed by atoms with Gasteiger partial charge < -0.3 is 9.84 Å². The van der Waals surface area contributed by atoms with E-state index >= 15 is 0 Å². The van der Waals surface area contributed by atoms with Crippen molar-refractivity contribution in [2.45, 2.75) is 45.6 Å². The van der Waals surface area contributed by atoms with Crippen molar-refractivity contribution in [3.63, 3.8) is 0 Å². The van der Waals surface area contributed by atoms with E-state index < -0.39 is 29.5 Å². The molecule has 0 heterocycles. The summed E-state index contributed by atoms with van der Waals surface area (Å²) in [6.45, 7) is 6.29. The van der Waals surface area contributed by atoms with E-state index in [9.17, 15) is 23.1 Å². The van der Waals surface area contributed by atoms with E-state index in [-0.39, 0.29) is 11.3 Å². The fourth-order valence-corrected chi connectivity index (χ4v) is 1.62. The number of amides is 1. The fourth-order valence-electron chi connectivity index (χ4n) is 1.62. The standard InChI is InChI=1S/C14H18F3NO3/c1-8(19)10-6-5-9(14(15,16)17)7-11(10)18-12(20)21-13(2,3)4/h5-8,19H,1-4H3,(H,18,20). The molecule has 1 aromatic carbocycles. The average Bonchev–Trinajstić information content (AvgIpc) is 2.24. The Morgan fingerprint density at radius 2 is 1.86 bits per heavy atom. The topological polar surface area (TPSA) is 58.6 Å². The van der Waals surface area contributed by atoms with Gasteiger partial charge >= 0.3 is 12.3 Å². The van der Waals surface area contributed by atoms with Crippen LogP contribution in [0.15, 0.2) is 18.2 Å². The smallest absolute Gasteiger partial charge is 0.416 e. The number of carbonyl (C=O) groups excluding carboxylic acids is 1. The molecule has 1 aromatic rings. The van der Waals surface area contributed by atoms with Crippen molar-refractivity contribution in [2.75, 3.05) is 5.32 Å². The Labute approximate surface area is 120 Å². The molecule has 1 unspecified atom stereocenters. The van der Waals surface area contributed by atoms with Gasteiger partial charge in [0.1, 0.15) is 5.60 Å². The highest BCUT2D eigenvalue weighted by atomic mass is 19.4. The van der Waals surface area contributed by atoms with E-state index in [1.807, 2.05) is 0 Å². The summed E-state index contributed by atoms with van der Waals surface area (Å²) >= 11 is 0. The SMILES string of the molecule is CC(O)c1ccc(C(F)(F)F)cc1NC(=O)OC(C)(C)C. The van der Waals surface area contributed by atoms with Crippen LogP contribution in [0.5, 0.6) is 0 Å². The molecule has 0 saturated heterocycles. The minimum Gasteiger partial charge on any atom is -0.444 e. The number of rotatable bonds is 2. The van der Waals surface area contributed by atoms with Gasteiger partial charge in [-0.2, -0.15) is 13.2 Å². The lowest BCUT2D eigenvalue weighted by Crippen LogP contribution is -2.27. The molecule has 118 valence electrons. The van der Waals surface area contributed by atoms with Gasteiger partial charge in [-0.25, -0.2) is 4.79 Å². The van der Waals surface area contributed by atoms with Crippen molar-refractivity contribution in [1.82, 2.24) is 0 Å². The molecule has 0 spiro atoms. The predicted octanol–water partition coefficient (Wildman–Crippen LogP) is 4.11. The third-order valence-electron chi connectivity index (χ3n) is 2.47. The highest BCUT2D eigenvalue weighted by Crippen LogP contribution is 2.34. The maximum atomic E-state index is 12.7. The van der Waals surface area contributed by atoms with Gasteiger partial charge in [-0.05, 0) is 39.8 Å². The first-order valence-electron chi connectivity index (χ1n) is 6.29. The van der Waals surface area contributed by atoms with Crippen LogP contribution in [0.1, 0.15) is 44.9 Å². The van der Waals surface area contributed by atoms with Gasteiger partial charge in [0.2, 0.25) is 0 Å². The Bertz CT molecular complexity index is 519. The largest absolute Gasteiger partial charge is 0.444 e. The zero-order valence-corrected chi connectivity index (χ0v) is 12.2. The third-order valence-corrected chi connectivity index (χ3v) is 2.47. The van der Waals surface area contributed by atoms with Crippen LogP contribution in [0.2, 0.25) is 0 Å². The van der Waals surface area contributed by atoms with Gasteiger partial charge in [-0.1, -0.05) is 6.07 Å².